The molecule has 0 aliphatic carbocycles. The number of anilines is 2. The molecule has 2 heterocycles. The Kier molecular flexibility index (Phi) is 4.73. The number of benzene rings is 2. The number of amides is 1. The van der Waals surface area contributed by atoms with E-state index in [0.29, 0.717) is 11.6 Å². The summed E-state index contributed by atoms with van der Waals surface area (Å²) in [6, 6.07) is 13.0. The molecule has 0 bridgehead atoms. The van der Waals surface area contributed by atoms with Crippen LogP contribution in [-0.4, -0.2) is 35.8 Å². The Bertz CT molecular complexity index is 958. The predicted molar refractivity (Wildman–Crippen MR) is 106 cm³/mol. The molecule has 0 spiro atoms. The van der Waals surface area contributed by atoms with Crippen LogP contribution in [-0.2, 0) is 4.79 Å². The van der Waals surface area contributed by atoms with E-state index in [-0.39, 0.29) is 11.9 Å². The van der Waals surface area contributed by atoms with E-state index in [1.165, 1.54) is 0 Å². The summed E-state index contributed by atoms with van der Waals surface area (Å²) < 4.78 is 5.23. The lowest BCUT2D eigenvalue weighted by Crippen LogP contribution is -2.33. The summed E-state index contributed by atoms with van der Waals surface area (Å²) in [6.07, 6.45) is 4.23. The van der Waals surface area contributed by atoms with Gasteiger partial charge in [-0.25, -0.2) is 0 Å². The Labute approximate surface area is 162 Å². The van der Waals surface area contributed by atoms with Crippen LogP contribution in [0.2, 0.25) is 5.02 Å². The second-order valence-electron chi connectivity index (χ2n) is 6.36. The van der Waals surface area contributed by atoms with Crippen molar-refractivity contribution in [2.24, 2.45) is 0 Å². The van der Waals surface area contributed by atoms with Crippen molar-refractivity contribution in [2.75, 3.05) is 23.9 Å². The Balaban J connectivity index is 1.51. The molecule has 1 fully saturated rings. The molecule has 6 nitrogen and oxygen atoms in total. The lowest BCUT2D eigenvalue weighted by atomic mass is 10.1. The van der Waals surface area contributed by atoms with Crippen LogP contribution in [0.3, 0.4) is 0 Å². The smallest absolute Gasteiger partial charge is 0.249 e. The van der Waals surface area contributed by atoms with Gasteiger partial charge in [0, 0.05) is 41.3 Å². The Morgan fingerprint density at radius 1 is 1.30 bits per heavy atom. The lowest BCUT2D eigenvalue weighted by Gasteiger charge is -2.19. The summed E-state index contributed by atoms with van der Waals surface area (Å²) in [7, 11) is 1.62. The van der Waals surface area contributed by atoms with Crippen LogP contribution < -0.4 is 15.0 Å². The minimum atomic E-state index is -0.274. The first kappa shape index (κ1) is 17.4. The zero-order chi connectivity index (χ0) is 18.8. The van der Waals surface area contributed by atoms with Gasteiger partial charge in [0.25, 0.3) is 0 Å². The first-order valence-electron chi connectivity index (χ1n) is 8.66. The number of hydrogen-bond acceptors (Lipinski definition) is 4. The third-order valence-electron chi connectivity index (χ3n) is 4.69. The van der Waals surface area contributed by atoms with Crippen LogP contribution in [0.5, 0.6) is 5.75 Å². The number of ether oxygens (including phenoxy) is 1. The summed E-state index contributed by atoms with van der Waals surface area (Å²) in [4.78, 5) is 14.6. The molecule has 1 aliphatic heterocycles. The predicted octanol–water partition coefficient (Wildman–Crippen LogP) is 3.96. The maximum Gasteiger partial charge on any atom is 0.249 e. The van der Waals surface area contributed by atoms with Crippen LogP contribution in [0.1, 0.15) is 6.42 Å². The molecule has 1 atom stereocenters. The third kappa shape index (κ3) is 3.48. The largest absolute Gasteiger partial charge is 0.497 e. The second-order valence-corrected chi connectivity index (χ2v) is 6.77. The number of carbonyl (C=O) groups excluding carboxylic acids is 1. The summed E-state index contributed by atoms with van der Waals surface area (Å²) in [5.41, 5.74) is 3.46. The van der Waals surface area contributed by atoms with E-state index in [0.717, 1.165) is 34.7 Å². The third-order valence-corrected chi connectivity index (χ3v) is 5.00. The van der Waals surface area contributed by atoms with Crippen molar-refractivity contribution in [1.82, 2.24) is 10.2 Å². The maximum atomic E-state index is 12.9. The van der Waals surface area contributed by atoms with Crippen molar-refractivity contribution < 1.29 is 9.53 Å². The van der Waals surface area contributed by atoms with Gasteiger partial charge < -0.3 is 15.0 Å². The van der Waals surface area contributed by atoms with Gasteiger partial charge in [0.15, 0.2) is 0 Å². The minimum absolute atomic E-state index is 0.0324. The van der Waals surface area contributed by atoms with E-state index in [2.05, 4.69) is 15.5 Å². The quantitative estimate of drug-likeness (QED) is 0.700. The normalized spacial score (nSPS) is 16.6. The molecule has 1 saturated heterocycles. The standard InChI is InChI=1S/C20H19ClN4O2/c1-27-16-4-2-3-14(9-16)24-19-7-8-25(20(19)26)15-5-6-17(18(21)10-15)13-11-22-23-12-13/h2-6,9-12,19,24H,7-8H2,1H3,(H,22,23). The topological polar surface area (TPSA) is 70.2 Å². The molecule has 4 rings (SSSR count). The molecule has 1 unspecified atom stereocenters. The number of aromatic nitrogens is 2. The summed E-state index contributed by atoms with van der Waals surface area (Å²) in [6.45, 7) is 0.641. The zero-order valence-electron chi connectivity index (χ0n) is 14.8. The molecule has 1 amide bonds. The van der Waals surface area contributed by atoms with E-state index in [4.69, 9.17) is 16.3 Å². The molecule has 27 heavy (non-hydrogen) atoms. The minimum Gasteiger partial charge on any atom is -0.497 e. The van der Waals surface area contributed by atoms with Crippen molar-refractivity contribution in [1.29, 1.82) is 0 Å². The molecule has 1 aromatic heterocycles. The van der Waals surface area contributed by atoms with Crippen LogP contribution >= 0.6 is 11.6 Å². The zero-order valence-corrected chi connectivity index (χ0v) is 15.5. The van der Waals surface area contributed by atoms with Crippen molar-refractivity contribution in [2.45, 2.75) is 12.5 Å². The Morgan fingerprint density at radius 3 is 2.93 bits per heavy atom. The number of methoxy groups -OCH3 is 1. The van der Waals surface area contributed by atoms with Crippen molar-refractivity contribution in [3.8, 4) is 16.9 Å². The van der Waals surface area contributed by atoms with Crippen molar-refractivity contribution in [3.05, 3.63) is 59.9 Å². The molecule has 1 aliphatic rings. The molecule has 2 N–H and O–H groups in total. The van der Waals surface area contributed by atoms with Gasteiger partial charge in [-0.15, -0.1) is 0 Å². The Morgan fingerprint density at radius 2 is 2.19 bits per heavy atom. The van der Waals surface area contributed by atoms with Gasteiger partial charge in [-0.2, -0.15) is 5.10 Å². The fraction of sp³-hybridized carbons (Fsp3) is 0.200. The molecule has 0 saturated carbocycles. The van der Waals surface area contributed by atoms with Crippen LogP contribution in [0.15, 0.2) is 54.9 Å². The van der Waals surface area contributed by atoms with Crippen molar-refractivity contribution >= 4 is 28.9 Å². The van der Waals surface area contributed by atoms with Gasteiger partial charge in [0.05, 0.1) is 18.3 Å². The number of carbonyl (C=O) groups is 1. The summed E-state index contributed by atoms with van der Waals surface area (Å²) in [5, 5.41) is 10.6. The first-order valence-corrected chi connectivity index (χ1v) is 9.04. The number of H-pyrrole nitrogens is 1. The molecular weight excluding hydrogens is 364 g/mol. The van der Waals surface area contributed by atoms with E-state index < -0.39 is 0 Å². The number of aromatic amines is 1. The number of rotatable bonds is 5. The average Bonchev–Trinajstić information content (AvgIpc) is 3.33. The molecule has 138 valence electrons. The number of hydrogen-bond donors (Lipinski definition) is 2. The Hall–Kier alpha value is -2.99. The second kappa shape index (κ2) is 7.32. The average molecular weight is 383 g/mol. The van der Waals surface area contributed by atoms with E-state index in [1.54, 1.807) is 24.4 Å². The van der Waals surface area contributed by atoms with Crippen LogP contribution in [0.4, 0.5) is 11.4 Å². The highest BCUT2D eigenvalue weighted by atomic mass is 35.5. The fourth-order valence-electron chi connectivity index (χ4n) is 3.29. The van der Waals surface area contributed by atoms with Gasteiger partial charge in [0.1, 0.15) is 11.8 Å². The molecule has 7 heteroatoms. The van der Waals surface area contributed by atoms with Crippen molar-refractivity contribution in [3.63, 3.8) is 0 Å². The lowest BCUT2D eigenvalue weighted by molar-refractivity contribution is -0.117. The molecule has 0 radical (unpaired) electrons. The van der Waals surface area contributed by atoms with Gasteiger partial charge in [-0.3, -0.25) is 9.89 Å². The highest BCUT2D eigenvalue weighted by molar-refractivity contribution is 6.33. The number of nitrogens with one attached hydrogen (secondary N) is 2. The van der Waals surface area contributed by atoms with Crippen LogP contribution in [0.25, 0.3) is 11.1 Å². The van der Waals surface area contributed by atoms with Gasteiger partial charge in [-0.1, -0.05) is 23.7 Å². The molecule has 3 aromatic rings. The van der Waals surface area contributed by atoms with Gasteiger partial charge in [-0.05, 0) is 30.7 Å². The van der Waals surface area contributed by atoms with E-state index >= 15 is 0 Å². The maximum absolute atomic E-state index is 12.9. The SMILES string of the molecule is COc1cccc(NC2CCN(c3ccc(-c4cn[nH]c4)c(Cl)c3)C2=O)c1. The monoisotopic (exact) mass is 382 g/mol. The molecular formula is C20H19ClN4O2. The number of nitrogens with zero attached hydrogens (tertiary/aromatic N) is 2. The van der Waals surface area contributed by atoms with Crippen LogP contribution in [0, 0.1) is 0 Å². The first-order chi connectivity index (χ1) is 13.2. The highest BCUT2D eigenvalue weighted by Gasteiger charge is 2.32. The van der Waals surface area contributed by atoms with E-state index in [9.17, 15) is 4.79 Å². The summed E-state index contributed by atoms with van der Waals surface area (Å²) >= 11 is 6.44. The highest BCUT2D eigenvalue weighted by Crippen LogP contribution is 2.33. The number of halogens is 1. The fourth-order valence-corrected chi connectivity index (χ4v) is 3.57. The summed E-state index contributed by atoms with van der Waals surface area (Å²) in [5.74, 6) is 0.786. The van der Waals surface area contributed by atoms with E-state index in [1.807, 2.05) is 42.5 Å². The van der Waals surface area contributed by atoms with Gasteiger partial charge >= 0.3 is 0 Å². The van der Waals surface area contributed by atoms with Gasteiger partial charge in [0.2, 0.25) is 5.91 Å². The molecule has 2 aromatic carbocycles.